The van der Waals surface area contributed by atoms with Crippen LogP contribution in [-0.2, 0) is 9.59 Å². The van der Waals surface area contributed by atoms with Crippen molar-refractivity contribution in [3.8, 4) is 5.75 Å². The zero-order valence-corrected chi connectivity index (χ0v) is 19.5. The van der Waals surface area contributed by atoms with Crippen LogP contribution in [-0.4, -0.2) is 35.3 Å². The van der Waals surface area contributed by atoms with Crippen LogP contribution in [0.25, 0.3) is 0 Å². The van der Waals surface area contributed by atoms with Crippen LogP contribution in [0.2, 0.25) is 5.02 Å². The summed E-state index contributed by atoms with van der Waals surface area (Å²) in [6.45, 7) is 5.44. The van der Waals surface area contributed by atoms with Gasteiger partial charge in [-0.3, -0.25) is 4.79 Å². The Labute approximate surface area is 204 Å². The first-order valence-corrected chi connectivity index (χ1v) is 10.9. The minimum atomic E-state index is -5.08. The highest BCUT2D eigenvalue weighted by molar-refractivity contribution is 6.30. The number of amides is 1. The molecule has 1 aliphatic carbocycles. The summed E-state index contributed by atoms with van der Waals surface area (Å²) in [6, 6.07) is 11.5. The predicted molar refractivity (Wildman–Crippen MR) is 124 cm³/mol. The highest BCUT2D eigenvalue weighted by Crippen LogP contribution is 2.33. The maximum Gasteiger partial charge on any atom is 0.490 e. The van der Waals surface area contributed by atoms with E-state index < -0.39 is 18.0 Å². The van der Waals surface area contributed by atoms with Gasteiger partial charge in [0.25, 0.3) is 5.91 Å². The number of hydrogen-bond donors (Lipinski definition) is 2. The number of anilines is 1. The third-order valence-electron chi connectivity index (χ3n) is 5.31. The van der Waals surface area contributed by atoms with Crippen LogP contribution in [0.5, 0.6) is 5.75 Å². The monoisotopic (exact) mass is 516 g/mol. The van der Waals surface area contributed by atoms with Gasteiger partial charge in [0.2, 0.25) is 0 Å². The highest BCUT2D eigenvalue weighted by Gasteiger charge is 2.38. The van der Waals surface area contributed by atoms with Crippen LogP contribution in [0.15, 0.2) is 55.1 Å². The lowest BCUT2D eigenvalue weighted by atomic mass is 10.1. The Kier molecular flexibility index (Phi) is 9.67. The highest BCUT2D eigenvalue weighted by atomic mass is 35.5. The predicted octanol–water partition coefficient (Wildman–Crippen LogP) is 5.65. The number of alkyl halides is 3. The van der Waals surface area contributed by atoms with Crippen LogP contribution in [0.3, 0.4) is 0 Å². The Morgan fingerprint density at radius 3 is 2.29 bits per heavy atom. The Morgan fingerprint density at radius 1 is 1.23 bits per heavy atom. The van der Waals surface area contributed by atoms with Gasteiger partial charge in [-0.15, -0.1) is 0 Å². The Hall–Kier alpha value is -3.11. The molecule has 0 unspecified atom stereocenters. The first-order chi connectivity index (χ1) is 16.3. The second-order valence-corrected chi connectivity index (χ2v) is 8.31. The van der Waals surface area contributed by atoms with E-state index in [4.69, 9.17) is 32.0 Å². The van der Waals surface area contributed by atoms with Gasteiger partial charge >= 0.3 is 12.1 Å². The number of nitrogens with zero attached hydrogens (tertiary/aromatic N) is 1. The number of carbonyl (C=O) groups excluding carboxylic acids is 1. The maximum atomic E-state index is 14.7. The summed E-state index contributed by atoms with van der Waals surface area (Å²) in [7, 11) is 0. The number of nitrogens with two attached hydrogens (primary N) is 1. The van der Waals surface area contributed by atoms with Crippen molar-refractivity contribution in [2.75, 3.05) is 4.90 Å². The smallest absolute Gasteiger partial charge is 0.487 e. The van der Waals surface area contributed by atoms with Gasteiger partial charge in [-0.25, -0.2) is 9.18 Å². The Morgan fingerprint density at radius 2 is 1.83 bits per heavy atom. The SMILES string of the molecule is C=CC(=O)N(c1ccc(O[C@@H]2CC[C@@H](N)C2)c(F)c1)[C@@H](C)c1ccc(Cl)cc1.O=C(O)C(F)(F)F. The van der Waals surface area contributed by atoms with E-state index in [1.165, 1.54) is 17.0 Å². The molecular formula is C24H25ClF4N2O4. The van der Waals surface area contributed by atoms with Crippen molar-refractivity contribution < 1.29 is 37.0 Å². The molecule has 11 heteroatoms. The van der Waals surface area contributed by atoms with E-state index in [1.807, 2.05) is 19.1 Å². The molecule has 0 spiro atoms. The number of carboxylic acid groups (broad SMARTS) is 1. The van der Waals surface area contributed by atoms with Crippen molar-refractivity contribution in [2.24, 2.45) is 5.73 Å². The fourth-order valence-corrected chi connectivity index (χ4v) is 3.65. The topological polar surface area (TPSA) is 92.9 Å². The molecule has 0 radical (unpaired) electrons. The fraction of sp³-hybridized carbons (Fsp3) is 0.333. The Balaban J connectivity index is 0.000000540. The van der Waals surface area contributed by atoms with Crippen molar-refractivity contribution in [1.29, 1.82) is 0 Å². The van der Waals surface area contributed by atoms with Gasteiger partial charge in [0, 0.05) is 22.8 Å². The minimum Gasteiger partial charge on any atom is -0.487 e. The number of halogens is 5. The fourth-order valence-electron chi connectivity index (χ4n) is 3.53. The van der Waals surface area contributed by atoms with Crippen LogP contribution < -0.4 is 15.4 Å². The molecule has 1 aliphatic rings. The van der Waals surface area contributed by atoms with Gasteiger partial charge in [0.15, 0.2) is 11.6 Å². The molecule has 1 saturated carbocycles. The van der Waals surface area contributed by atoms with Gasteiger partial charge in [-0.05, 0) is 62.1 Å². The van der Waals surface area contributed by atoms with E-state index in [0.717, 1.165) is 24.8 Å². The number of aliphatic carboxylic acids is 1. The summed E-state index contributed by atoms with van der Waals surface area (Å²) in [5.74, 6) is -3.42. The molecule has 35 heavy (non-hydrogen) atoms. The van der Waals surface area contributed by atoms with Crippen molar-refractivity contribution in [2.45, 2.75) is 50.6 Å². The second kappa shape index (κ2) is 12.0. The molecule has 3 rings (SSSR count). The van der Waals surface area contributed by atoms with E-state index >= 15 is 0 Å². The third kappa shape index (κ3) is 7.97. The largest absolute Gasteiger partial charge is 0.490 e. The van der Waals surface area contributed by atoms with Crippen molar-refractivity contribution >= 4 is 29.2 Å². The first kappa shape index (κ1) is 28.1. The minimum absolute atomic E-state index is 0.0748. The molecular weight excluding hydrogens is 492 g/mol. The molecule has 0 saturated heterocycles. The van der Waals surface area contributed by atoms with Gasteiger partial charge in [-0.1, -0.05) is 30.3 Å². The van der Waals surface area contributed by atoms with Gasteiger partial charge in [-0.2, -0.15) is 13.2 Å². The molecule has 1 amide bonds. The number of carbonyl (C=O) groups is 2. The van der Waals surface area contributed by atoms with Crippen molar-refractivity contribution in [1.82, 2.24) is 0 Å². The van der Waals surface area contributed by atoms with Crippen LogP contribution in [0.4, 0.5) is 23.2 Å². The van der Waals surface area contributed by atoms with Crippen LogP contribution in [0.1, 0.15) is 37.8 Å². The molecule has 1 fully saturated rings. The van der Waals surface area contributed by atoms with E-state index in [0.29, 0.717) is 10.7 Å². The number of ether oxygens (including phenoxy) is 1. The maximum absolute atomic E-state index is 14.7. The van der Waals surface area contributed by atoms with E-state index in [1.54, 1.807) is 24.3 Å². The van der Waals surface area contributed by atoms with Crippen molar-refractivity contribution in [3.05, 3.63) is 71.5 Å². The van der Waals surface area contributed by atoms with Crippen LogP contribution >= 0.6 is 11.6 Å². The third-order valence-corrected chi connectivity index (χ3v) is 5.56. The molecule has 0 aliphatic heterocycles. The van der Waals surface area contributed by atoms with E-state index in [-0.39, 0.29) is 29.8 Å². The standard InChI is InChI=1S/C22H24ClFN2O2.C2HF3O2/c1-3-22(27)26(14(2)15-4-6-16(23)7-5-15)18-9-11-21(20(24)13-18)28-19-10-8-17(25)12-19;3-2(4,5)1(6)7/h3-7,9,11,13-14,17,19H,1,8,10,12,25H2,2H3;(H,6,7)/t14-,17+,19+;/m0./s1. The molecule has 0 bridgehead atoms. The zero-order chi connectivity index (χ0) is 26.3. The summed E-state index contributed by atoms with van der Waals surface area (Å²) in [5, 5.41) is 7.73. The average Bonchev–Trinajstić information content (AvgIpc) is 3.20. The lowest BCUT2D eigenvalue weighted by Gasteiger charge is -2.29. The molecule has 2 aromatic rings. The van der Waals surface area contributed by atoms with Gasteiger partial charge in [0.05, 0.1) is 6.04 Å². The summed E-state index contributed by atoms with van der Waals surface area (Å²) in [4.78, 5) is 22.9. The van der Waals surface area contributed by atoms with Gasteiger partial charge in [0.1, 0.15) is 6.10 Å². The second-order valence-electron chi connectivity index (χ2n) is 7.87. The molecule has 6 nitrogen and oxygen atoms in total. The van der Waals surface area contributed by atoms with Crippen LogP contribution in [0, 0.1) is 5.82 Å². The number of carboxylic acids is 1. The number of rotatable bonds is 6. The zero-order valence-electron chi connectivity index (χ0n) is 18.8. The molecule has 0 heterocycles. The molecule has 3 atom stereocenters. The van der Waals surface area contributed by atoms with E-state index in [9.17, 15) is 22.4 Å². The molecule has 2 aromatic carbocycles. The number of hydrogen-bond acceptors (Lipinski definition) is 4. The normalized spacial score (nSPS) is 18.1. The Bertz CT molecular complexity index is 1050. The molecule has 190 valence electrons. The molecule has 3 N–H and O–H groups in total. The summed E-state index contributed by atoms with van der Waals surface area (Å²) < 4.78 is 52.2. The number of benzene rings is 2. The molecule has 0 aromatic heterocycles. The lowest BCUT2D eigenvalue weighted by Crippen LogP contribution is -2.32. The van der Waals surface area contributed by atoms with E-state index in [2.05, 4.69) is 6.58 Å². The average molecular weight is 517 g/mol. The van der Waals surface area contributed by atoms with Gasteiger partial charge < -0.3 is 20.5 Å². The van der Waals surface area contributed by atoms with Crippen molar-refractivity contribution in [3.63, 3.8) is 0 Å². The summed E-state index contributed by atoms with van der Waals surface area (Å²) in [6.07, 6.45) is -1.53. The summed E-state index contributed by atoms with van der Waals surface area (Å²) in [5.41, 5.74) is 7.20. The summed E-state index contributed by atoms with van der Waals surface area (Å²) >= 11 is 5.95. The first-order valence-electron chi connectivity index (χ1n) is 10.6. The lowest BCUT2D eigenvalue weighted by molar-refractivity contribution is -0.192. The quantitative estimate of drug-likeness (QED) is 0.382.